The molecule has 5 heteroatoms. The van der Waals surface area contributed by atoms with Crippen molar-refractivity contribution in [3.05, 3.63) is 35.7 Å². The third-order valence-corrected chi connectivity index (χ3v) is 2.45. The summed E-state index contributed by atoms with van der Waals surface area (Å²) >= 11 is 0. The fourth-order valence-corrected chi connectivity index (χ4v) is 1.49. The van der Waals surface area contributed by atoms with Crippen molar-refractivity contribution < 1.29 is 4.79 Å². The maximum absolute atomic E-state index is 10.8. The van der Waals surface area contributed by atoms with Gasteiger partial charge in [0.2, 0.25) is 0 Å². The monoisotopic (exact) mass is 290 g/mol. The summed E-state index contributed by atoms with van der Waals surface area (Å²) in [5.74, 6) is -0.556. The van der Waals surface area contributed by atoms with Gasteiger partial charge in [0.05, 0.1) is 17.2 Å². The Morgan fingerprint density at radius 1 is 1.19 bits per heavy atom. The lowest BCUT2D eigenvalue weighted by atomic mass is 10.2. The van der Waals surface area contributed by atoms with Crippen LogP contribution in [0.15, 0.2) is 24.4 Å². The maximum atomic E-state index is 10.8. The largest absolute Gasteiger partial charge is 0.364 e. The number of carbonyl (C=O) groups is 1. The van der Waals surface area contributed by atoms with Gasteiger partial charge in [0, 0.05) is 0 Å². The Kier molecular flexibility index (Phi) is 9.71. The van der Waals surface area contributed by atoms with Crippen molar-refractivity contribution in [1.29, 1.82) is 0 Å². The van der Waals surface area contributed by atoms with Gasteiger partial charge in [0.1, 0.15) is 5.69 Å². The number of fused-ring (bicyclic) bond motifs is 1. The maximum Gasteiger partial charge on any atom is 0.268 e. The van der Waals surface area contributed by atoms with Crippen molar-refractivity contribution in [3.8, 4) is 0 Å². The van der Waals surface area contributed by atoms with E-state index in [9.17, 15) is 4.79 Å². The molecule has 0 aliphatic rings. The molecule has 0 saturated heterocycles. The first kappa shape index (κ1) is 19.0. The number of hydrogen-bond donors (Lipinski definition) is 2. The second-order valence-corrected chi connectivity index (χ2v) is 4.07. The number of nitrogens with two attached hydrogens (primary N) is 1. The molecule has 0 unspecified atom stereocenters. The van der Waals surface area contributed by atoms with Gasteiger partial charge in [0.25, 0.3) is 5.91 Å². The van der Waals surface area contributed by atoms with Gasteiger partial charge in [-0.25, -0.2) is 4.98 Å². The van der Waals surface area contributed by atoms with Crippen molar-refractivity contribution in [2.75, 3.05) is 13.1 Å². The molecule has 0 aliphatic heterocycles. The number of nitrogens with zero attached hydrogens (tertiary/aromatic N) is 2. The number of rotatable bonds is 3. The van der Waals surface area contributed by atoms with Gasteiger partial charge >= 0.3 is 0 Å². The molecule has 1 aromatic heterocycles. The first-order chi connectivity index (χ1) is 10.1. The second-order valence-electron chi connectivity index (χ2n) is 4.07. The molecule has 0 bridgehead atoms. The Morgan fingerprint density at radius 3 is 2.29 bits per heavy atom. The van der Waals surface area contributed by atoms with Crippen LogP contribution in [0.5, 0.6) is 0 Å². The lowest BCUT2D eigenvalue weighted by Gasteiger charge is -1.99. The van der Waals surface area contributed by atoms with E-state index in [0.717, 1.165) is 24.2 Å². The molecule has 2 aromatic rings. The molecule has 2 rings (SSSR count). The van der Waals surface area contributed by atoms with Gasteiger partial charge in [0.15, 0.2) is 0 Å². The molecule has 1 aromatic carbocycles. The lowest BCUT2D eigenvalue weighted by molar-refractivity contribution is 0.0995. The van der Waals surface area contributed by atoms with Crippen molar-refractivity contribution >= 4 is 16.9 Å². The van der Waals surface area contributed by atoms with Gasteiger partial charge in [-0.2, -0.15) is 0 Å². The number of aromatic nitrogens is 2. The number of nitrogens with one attached hydrogen (secondary N) is 1. The summed E-state index contributed by atoms with van der Waals surface area (Å²) in [6.07, 6.45) is 1.39. The molecule has 0 fully saturated rings. The minimum Gasteiger partial charge on any atom is -0.364 e. The normalized spacial score (nSPS) is 9.19. The number of hydrogen-bond acceptors (Lipinski definition) is 4. The lowest BCUT2D eigenvalue weighted by Crippen LogP contribution is -2.13. The fourth-order valence-electron chi connectivity index (χ4n) is 1.49. The molecule has 3 N–H and O–H groups in total. The third kappa shape index (κ3) is 6.81. The number of aryl methyl sites for hydroxylation is 1. The predicted molar refractivity (Wildman–Crippen MR) is 88.4 cm³/mol. The summed E-state index contributed by atoms with van der Waals surface area (Å²) in [5, 5.41) is 3.11. The van der Waals surface area contributed by atoms with Gasteiger partial charge in [-0.3, -0.25) is 9.78 Å². The van der Waals surface area contributed by atoms with Crippen molar-refractivity contribution in [3.63, 3.8) is 0 Å². The fraction of sp³-hybridized carbons (Fsp3) is 0.438. The third-order valence-electron chi connectivity index (χ3n) is 2.45. The summed E-state index contributed by atoms with van der Waals surface area (Å²) in [6.45, 7) is 12.4. The van der Waals surface area contributed by atoms with E-state index >= 15 is 0 Å². The highest BCUT2D eigenvalue weighted by molar-refractivity contribution is 5.92. The summed E-state index contributed by atoms with van der Waals surface area (Å²) in [6, 6.07) is 5.65. The quantitative estimate of drug-likeness (QED) is 0.910. The number of primary amides is 1. The molecular weight excluding hydrogens is 264 g/mol. The first-order valence-corrected chi connectivity index (χ1v) is 7.32. The second kappa shape index (κ2) is 10.7. The van der Waals surface area contributed by atoms with Crippen LogP contribution in [0.2, 0.25) is 0 Å². The standard InChI is InChI=1S/C10H9N3O.C4H11N.C2H6/c1-6-2-3-7-8(4-6)12-5-9(13-7)10(11)14;1-3-5-4-2;1-2/h2-5H,1H3,(H2,11,14);5H,3-4H2,1-2H3;1-2H3. The van der Waals surface area contributed by atoms with Gasteiger partial charge in [-0.05, 0) is 37.7 Å². The van der Waals surface area contributed by atoms with E-state index in [1.54, 1.807) is 0 Å². The van der Waals surface area contributed by atoms with E-state index in [4.69, 9.17) is 5.73 Å². The summed E-state index contributed by atoms with van der Waals surface area (Å²) in [7, 11) is 0. The molecule has 0 aliphatic carbocycles. The van der Waals surface area contributed by atoms with Crippen LogP contribution in [0.25, 0.3) is 11.0 Å². The van der Waals surface area contributed by atoms with Crippen molar-refractivity contribution in [2.45, 2.75) is 34.6 Å². The van der Waals surface area contributed by atoms with Gasteiger partial charge in [-0.1, -0.05) is 33.8 Å². The van der Waals surface area contributed by atoms with Crippen LogP contribution in [0, 0.1) is 6.92 Å². The Labute approximate surface area is 127 Å². The number of benzene rings is 1. The van der Waals surface area contributed by atoms with Crippen LogP contribution in [-0.4, -0.2) is 29.0 Å². The highest BCUT2D eigenvalue weighted by Crippen LogP contribution is 2.11. The molecule has 0 spiro atoms. The highest BCUT2D eigenvalue weighted by atomic mass is 16.1. The van der Waals surface area contributed by atoms with Crippen LogP contribution >= 0.6 is 0 Å². The Bertz CT molecular complexity index is 553. The first-order valence-electron chi connectivity index (χ1n) is 7.32. The molecule has 5 nitrogen and oxygen atoms in total. The highest BCUT2D eigenvalue weighted by Gasteiger charge is 2.04. The zero-order valence-corrected chi connectivity index (χ0v) is 13.6. The van der Waals surface area contributed by atoms with Gasteiger partial charge in [-0.15, -0.1) is 0 Å². The Balaban J connectivity index is 0.000000489. The average Bonchev–Trinajstić information content (AvgIpc) is 2.50. The molecule has 21 heavy (non-hydrogen) atoms. The zero-order valence-electron chi connectivity index (χ0n) is 13.6. The molecule has 116 valence electrons. The van der Waals surface area contributed by atoms with Crippen LogP contribution in [-0.2, 0) is 0 Å². The topological polar surface area (TPSA) is 80.9 Å². The van der Waals surface area contributed by atoms with Crippen molar-refractivity contribution in [2.24, 2.45) is 5.73 Å². The Morgan fingerprint density at radius 2 is 1.81 bits per heavy atom. The predicted octanol–water partition coefficient (Wildman–Crippen LogP) is 2.68. The smallest absolute Gasteiger partial charge is 0.268 e. The van der Waals surface area contributed by atoms with E-state index in [2.05, 4.69) is 29.1 Å². The molecule has 1 heterocycles. The summed E-state index contributed by atoms with van der Waals surface area (Å²) < 4.78 is 0. The molecular formula is C16H26N4O. The van der Waals surface area contributed by atoms with Crippen LogP contribution in [0.3, 0.4) is 0 Å². The SMILES string of the molecule is CC.CCNCC.Cc1ccc2nc(C(N)=O)cnc2c1. The zero-order chi connectivity index (χ0) is 16.3. The molecule has 0 atom stereocenters. The average molecular weight is 290 g/mol. The van der Waals surface area contributed by atoms with E-state index < -0.39 is 5.91 Å². The summed E-state index contributed by atoms with van der Waals surface area (Å²) in [5.41, 5.74) is 7.86. The van der Waals surface area contributed by atoms with Crippen LogP contribution in [0.1, 0.15) is 43.7 Å². The van der Waals surface area contributed by atoms with Gasteiger partial charge < -0.3 is 11.1 Å². The number of carbonyl (C=O) groups excluding carboxylic acids is 1. The van der Waals surface area contributed by atoms with Crippen LogP contribution < -0.4 is 11.1 Å². The molecule has 0 radical (unpaired) electrons. The molecule has 1 amide bonds. The van der Waals surface area contributed by atoms with E-state index in [1.165, 1.54) is 6.20 Å². The van der Waals surface area contributed by atoms with Crippen LogP contribution in [0.4, 0.5) is 0 Å². The van der Waals surface area contributed by atoms with E-state index in [1.807, 2.05) is 39.0 Å². The molecule has 0 saturated carbocycles. The van der Waals surface area contributed by atoms with E-state index in [0.29, 0.717) is 5.52 Å². The summed E-state index contributed by atoms with van der Waals surface area (Å²) in [4.78, 5) is 19.0. The minimum absolute atomic E-state index is 0.196. The van der Waals surface area contributed by atoms with Crippen molar-refractivity contribution in [1.82, 2.24) is 15.3 Å². The van der Waals surface area contributed by atoms with E-state index in [-0.39, 0.29) is 5.69 Å². The Hall–Kier alpha value is -2.01. The minimum atomic E-state index is -0.556. The number of amides is 1.